The van der Waals surface area contributed by atoms with Crippen molar-refractivity contribution < 1.29 is 4.74 Å². The van der Waals surface area contributed by atoms with Gasteiger partial charge in [0.2, 0.25) is 0 Å². The van der Waals surface area contributed by atoms with Crippen molar-refractivity contribution in [3.63, 3.8) is 0 Å². The van der Waals surface area contributed by atoms with E-state index in [-0.39, 0.29) is 0 Å². The van der Waals surface area contributed by atoms with Crippen LogP contribution in [-0.2, 0) is 0 Å². The van der Waals surface area contributed by atoms with Crippen LogP contribution in [0.1, 0.15) is 5.56 Å². The molecule has 0 radical (unpaired) electrons. The van der Waals surface area contributed by atoms with Gasteiger partial charge in [-0.2, -0.15) is 0 Å². The van der Waals surface area contributed by atoms with Crippen LogP contribution in [0, 0.1) is 0 Å². The summed E-state index contributed by atoms with van der Waals surface area (Å²) in [6.07, 6.45) is 3.97. The quantitative estimate of drug-likeness (QED) is 0.773. The van der Waals surface area contributed by atoms with E-state index in [9.17, 15) is 0 Å². The second kappa shape index (κ2) is 6.12. The van der Waals surface area contributed by atoms with E-state index in [1.165, 1.54) is 0 Å². The molecule has 2 heteroatoms. The van der Waals surface area contributed by atoms with Crippen LogP contribution in [0.4, 0.5) is 0 Å². The molecule has 2 aromatic rings. The Balaban J connectivity index is 1.86. The number of ether oxygens (including phenoxy) is 1. The zero-order chi connectivity index (χ0) is 11.9. The first-order chi connectivity index (χ1) is 8.34. The van der Waals surface area contributed by atoms with E-state index in [2.05, 4.69) is 0 Å². The van der Waals surface area contributed by atoms with Crippen LogP contribution in [0.3, 0.4) is 0 Å². The molecule has 0 N–H and O–H groups in total. The Hall–Kier alpha value is -1.73. The van der Waals surface area contributed by atoms with Crippen LogP contribution < -0.4 is 4.74 Å². The van der Waals surface area contributed by atoms with Crippen LogP contribution in [-0.4, -0.2) is 6.61 Å². The van der Waals surface area contributed by atoms with Crippen molar-refractivity contribution in [2.24, 2.45) is 0 Å². The van der Waals surface area contributed by atoms with E-state index >= 15 is 0 Å². The maximum atomic E-state index is 5.89. The normalized spacial score (nSPS) is 10.6. The number of hydrogen-bond donors (Lipinski definition) is 0. The lowest BCUT2D eigenvalue weighted by Gasteiger charge is -2.01. The summed E-state index contributed by atoms with van der Waals surface area (Å²) < 4.78 is 5.54. The molecule has 0 aliphatic rings. The van der Waals surface area contributed by atoms with Crippen LogP contribution in [0.25, 0.3) is 6.08 Å². The van der Waals surface area contributed by atoms with E-state index in [0.717, 1.165) is 16.3 Å². The first kappa shape index (κ1) is 11.7. The van der Waals surface area contributed by atoms with Crippen molar-refractivity contribution in [2.45, 2.75) is 0 Å². The largest absolute Gasteiger partial charge is 0.490 e. The van der Waals surface area contributed by atoms with Crippen LogP contribution in [0.2, 0.25) is 5.02 Å². The van der Waals surface area contributed by atoms with Gasteiger partial charge in [0.1, 0.15) is 12.4 Å². The first-order valence-corrected chi connectivity index (χ1v) is 5.82. The van der Waals surface area contributed by atoms with Crippen LogP contribution in [0.5, 0.6) is 5.75 Å². The highest BCUT2D eigenvalue weighted by atomic mass is 35.5. The molecule has 86 valence electrons. The Morgan fingerprint density at radius 2 is 1.82 bits per heavy atom. The smallest absolute Gasteiger partial charge is 0.119 e. The Bertz CT molecular complexity index is 491. The molecule has 2 aromatic carbocycles. The molecule has 0 unspecified atom stereocenters. The van der Waals surface area contributed by atoms with Crippen LogP contribution >= 0.6 is 11.6 Å². The van der Waals surface area contributed by atoms with Crippen molar-refractivity contribution in [1.82, 2.24) is 0 Å². The minimum atomic E-state index is 0.552. The molecule has 0 amide bonds. The SMILES string of the molecule is Clc1cccc(/C=C/COc2ccccc2)c1. The second-order valence-corrected chi connectivity index (χ2v) is 4.02. The van der Waals surface area contributed by atoms with Crippen molar-refractivity contribution in [3.05, 3.63) is 71.3 Å². The molecule has 0 saturated heterocycles. The van der Waals surface area contributed by atoms with E-state index in [1.807, 2.05) is 66.7 Å². The average molecular weight is 245 g/mol. The third kappa shape index (κ3) is 3.97. The van der Waals surface area contributed by atoms with Crippen molar-refractivity contribution >= 4 is 17.7 Å². The molecule has 2 rings (SSSR count). The minimum absolute atomic E-state index is 0.552. The van der Waals surface area contributed by atoms with E-state index < -0.39 is 0 Å². The minimum Gasteiger partial charge on any atom is -0.490 e. The molecule has 0 saturated carbocycles. The molecule has 0 aromatic heterocycles. The van der Waals surface area contributed by atoms with E-state index in [0.29, 0.717) is 6.61 Å². The van der Waals surface area contributed by atoms with E-state index in [1.54, 1.807) is 0 Å². The maximum Gasteiger partial charge on any atom is 0.119 e. The van der Waals surface area contributed by atoms with Gasteiger partial charge in [0.15, 0.2) is 0 Å². The van der Waals surface area contributed by atoms with Gasteiger partial charge in [0, 0.05) is 5.02 Å². The van der Waals surface area contributed by atoms with Gasteiger partial charge in [0.05, 0.1) is 0 Å². The summed E-state index contributed by atoms with van der Waals surface area (Å²) in [6, 6.07) is 17.5. The van der Waals surface area contributed by atoms with E-state index in [4.69, 9.17) is 16.3 Å². The monoisotopic (exact) mass is 244 g/mol. The summed E-state index contributed by atoms with van der Waals surface area (Å²) in [5.41, 5.74) is 1.08. The highest BCUT2D eigenvalue weighted by Crippen LogP contribution is 2.12. The second-order valence-electron chi connectivity index (χ2n) is 3.58. The average Bonchev–Trinajstić information content (AvgIpc) is 2.36. The van der Waals surface area contributed by atoms with Crippen molar-refractivity contribution in [3.8, 4) is 5.75 Å². The zero-order valence-electron chi connectivity index (χ0n) is 9.34. The molecule has 0 aliphatic carbocycles. The first-order valence-electron chi connectivity index (χ1n) is 5.44. The van der Waals surface area contributed by atoms with Crippen LogP contribution in [0.15, 0.2) is 60.7 Å². The third-order valence-electron chi connectivity index (χ3n) is 2.25. The fourth-order valence-corrected chi connectivity index (χ4v) is 1.65. The predicted molar refractivity (Wildman–Crippen MR) is 72.4 cm³/mol. The molecule has 0 spiro atoms. The Morgan fingerprint density at radius 1 is 1.00 bits per heavy atom. The van der Waals surface area contributed by atoms with Gasteiger partial charge in [-0.25, -0.2) is 0 Å². The number of benzene rings is 2. The molecule has 0 bridgehead atoms. The Kier molecular flexibility index (Phi) is 4.23. The number of rotatable bonds is 4. The fraction of sp³-hybridized carbons (Fsp3) is 0.0667. The van der Waals surface area contributed by atoms with Gasteiger partial charge in [-0.05, 0) is 35.9 Å². The molecular formula is C15H13ClO. The summed E-state index contributed by atoms with van der Waals surface area (Å²) in [4.78, 5) is 0. The number of hydrogen-bond acceptors (Lipinski definition) is 1. The predicted octanol–water partition coefficient (Wildman–Crippen LogP) is 4.43. The summed E-state index contributed by atoms with van der Waals surface area (Å²) in [5, 5.41) is 0.746. The van der Waals surface area contributed by atoms with Gasteiger partial charge in [-0.3, -0.25) is 0 Å². The van der Waals surface area contributed by atoms with Gasteiger partial charge in [0.25, 0.3) is 0 Å². The molecule has 0 heterocycles. The zero-order valence-corrected chi connectivity index (χ0v) is 10.1. The summed E-state index contributed by atoms with van der Waals surface area (Å²) in [7, 11) is 0. The standard InChI is InChI=1S/C15H13ClO/c16-14-8-4-6-13(12-14)7-5-11-17-15-9-2-1-3-10-15/h1-10,12H,11H2/b7-5+. The highest BCUT2D eigenvalue weighted by molar-refractivity contribution is 6.30. The number of halogens is 1. The lowest BCUT2D eigenvalue weighted by Crippen LogP contribution is -1.92. The Morgan fingerprint density at radius 3 is 2.59 bits per heavy atom. The summed E-state index contributed by atoms with van der Waals surface area (Å²) >= 11 is 5.89. The molecular weight excluding hydrogens is 232 g/mol. The number of para-hydroxylation sites is 1. The third-order valence-corrected chi connectivity index (χ3v) is 2.48. The van der Waals surface area contributed by atoms with Gasteiger partial charge < -0.3 is 4.74 Å². The molecule has 1 nitrogen and oxygen atoms in total. The highest BCUT2D eigenvalue weighted by Gasteiger charge is 1.90. The van der Waals surface area contributed by atoms with Gasteiger partial charge in [-0.1, -0.05) is 48.0 Å². The molecule has 0 aliphatic heterocycles. The summed E-state index contributed by atoms with van der Waals surface area (Å²) in [5.74, 6) is 0.878. The lowest BCUT2D eigenvalue weighted by molar-refractivity contribution is 0.363. The Labute approximate surface area is 106 Å². The molecule has 0 atom stereocenters. The molecule has 0 fully saturated rings. The van der Waals surface area contributed by atoms with Crippen molar-refractivity contribution in [2.75, 3.05) is 6.61 Å². The lowest BCUT2D eigenvalue weighted by atomic mass is 10.2. The maximum absolute atomic E-state index is 5.89. The van der Waals surface area contributed by atoms with Gasteiger partial charge in [-0.15, -0.1) is 0 Å². The summed E-state index contributed by atoms with van der Waals surface area (Å²) in [6.45, 7) is 0.552. The van der Waals surface area contributed by atoms with Gasteiger partial charge >= 0.3 is 0 Å². The fourth-order valence-electron chi connectivity index (χ4n) is 1.46. The molecule has 17 heavy (non-hydrogen) atoms. The topological polar surface area (TPSA) is 9.23 Å². The van der Waals surface area contributed by atoms with Crippen molar-refractivity contribution in [1.29, 1.82) is 0 Å².